The lowest BCUT2D eigenvalue weighted by atomic mass is 10.1. The summed E-state index contributed by atoms with van der Waals surface area (Å²) < 4.78 is 0. The Bertz CT molecular complexity index is 1360. The number of thioether (sulfide) groups is 1. The number of hydrogen-bond acceptors (Lipinski definition) is 7. The van der Waals surface area contributed by atoms with E-state index in [1.807, 2.05) is 73.0 Å². The highest BCUT2D eigenvalue weighted by molar-refractivity contribution is 7.99. The number of nitrogens with zero attached hydrogens (tertiary/aromatic N) is 3. The molecular weight excluding hydrogens is 442 g/mol. The Labute approximate surface area is 192 Å². The van der Waals surface area contributed by atoms with E-state index in [0.717, 1.165) is 28.6 Å². The molecule has 2 heterocycles. The van der Waals surface area contributed by atoms with Gasteiger partial charge in [-0.2, -0.15) is 5.26 Å². The van der Waals surface area contributed by atoms with E-state index in [-0.39, 0.29) is 22.4 Å². The zero-order valence-electron chi connectivity index (χ0n) is 17.0. The zero-order chi connectivity index (χ0) is 22.5. The molecule has 1 amide bonds. The first kappa shape index (κ1) is 21.5. The SMILES string of the molecule is Cc1ccc(-c2nc(SCC(=O)Nc3nc(-c4ccccc4)cs3)[nH]c(=O)c2C#N)cc1. The van der Waals surface area contributed by atoms with Gasteiger partial charge in [0.15, 0.2) is 10.3 Å². The van der Waals surface area contributed by atoms with Crippen LogP contribution in [0.15, 0.2) is 69.9 Å². The van der Waals surface area contributed by atoms with Crippen molar-refractivity contribution in [3.05, 3.63) is 81.5 Å². The van der Waals surface area contributed by atoms with Crippen molar-refractivity contribution in [2.24, 2.45) is 0 Å². The Morgan fingerprint density at radius 2 is 1.88 bits per heavy atom. The van der Waals surface area contributed by atoms with Crippen molar-refractivity contribution in [1.29, 1.82) is 5.26 Å². The van der Waals surface area contributed by atoms with Crippen molar-refractivity contribution in [2.75, 3.05) is 11.1 Å². The van der Waals surface area contributed by atoms with E-state index >= 15 is 0 Å². The van der Waals surface area contributed by atoms with Gasteiger partial charge in [0.05, 0.1) is 17.1 Å². The van der Waals surface area contributed by atoms with Crippen molar-refractivity contribution in [3.63, 3.8) is 0 Å². The van der Waals surface area contributed by atoms with Gasteiger partial charge in [0.2, 0.25) is 5.91 Å². The number of amides is 1. The number of nitriles is 1. The summed E-state index contributed by atoms with van der Waals surface area (Å²) in [7, 11) is 0. The first-order valence-electron chi connectivity index (χ1n) is 9.58. The Kier molecular flexibility index (Phi) is 6.44. The molecule has 2 N–H and O–H groups in total. The first-order valence-corrected chi connectivity index (χ1v) is 11.4. The van der Waals surface area contributed by atoms with Gasteiger partial charge in [0, 0.05) is 16.5 Å². The second-order valence-electron chi connectivity index (χ2n) is 6.81. The summed E-state index contributed by atoms with van der Waals surface area (Å²) in [6.07, 6.45) is 0. The van der Waals surface area contributed by atoms with Gasteiger partial charge in [-0.05, 0) is 6.92 Å². The third-order valence-corrected chi connectivity index (χ3v) is 6.13. The number of H-pyrrole nitrogens is 1. The highest BCUT2D eigenvalue weighted by atomic mass is 32.2. The largest absolute Gasteiger partial charge is 0.301 e. The van der Waals surface area contributed by atoms with Crippen LogP contribution in [0.2, 0.25) is 0 Å². The number of aromatic nitrogens is 3. The number of anilines is 1. The summed E-state index contributed by atoms with van der Waals surface area (Å²) in [6.45, 7) is 1.95. The summed E-state index contributed by atoms with van der Waals surface area (Å²) in [5.74, 6) is -0.240. The standard InChI is InChI=1S/C23H17N5O2S2/c1-14-7-9-16(10-8-14)20-17(11-24)21(30)28-23(27-20)32-13-19(29)26-22-25-18(12-31-22)15-5-3-2-4-6-15/h2-10,12H,13H2,1H3,(H,25,26,29)(H,27,28,30). The molecule has 0 bridgehead atoms. The van der Waals surface area contributed by atoms with Crippen molar-refractivity contribution < 1.29 is 4.79 Å². The zero-order valence-corrected chi connectivity index (χ0v) is 18.6. The summed E-state index contributed by atoms with van der Waals surface area (Å²) in [5.41, 5.74) is 3.20. The van der Waals surface area contributed by atoms with Crippen LogP contribution < -0.4 is 10.9 Å². The summed E-state index contributed by atoms with van der Waals surface area (Å²) in [4.78, 5) is 36.2. The van der Waals surface area contributed by atoms with Crippen molar-refractivity contribution in [3.8, 4) is 28.6 Å². The maximum Gasteiger partial charge on any atom is 0.270 e. The molecule has 32 heavy (non-hydrogen) atoms. The fourth-order valence-electron chi connectivity index (χ4n) is 2.91. The van der Waals surface area contributed by atoms with Gasteiger partial charge < -0.3 is 10.3 Å². The Hall–Kier alpha value is -3.74. The van der Waals surface area contributed by atoms with Gasteiger partial charge in [-0.3, -0.25) is 9.59 Å². The molecule has 0 aliphatic heterocycles. The van der Waals surface area contributed by atoms with Crippen LogP contribution in [0.3, 0.4) is 0 Å². The molecule has 0 unspecified atom stereocenters. The van der Waals surface area contributed by atoms with E-state index in [9.17, 15) is 14.9 Å². The number of aromatic amines is 1. The van der Waals surface area contributed by atoms with Crippen LogP contribution in [0.25, 0.3) is 22.5 Å². The van der Waals surface area contributed by atoms with Crippen LogP contribution in [-0.2, 0) is 4.79 Å². The van der Waals surface area contributed by atoms with Gasteiger partial charge in [-0.1, -0.05) is 71.9 Å². The van der Waals surface area contributed by atoms with Gasteiger partial charge >= 0.3 is 0 Å². The molecule has 9 heteroatoms. The van der Waals surface area contributed by atoms with Crippen molar-refractivity contribution in [1.82, 2.24) is 15.0 Å². The lowest BCUT2D eigenvalue weighted by Gasteiger charge is -2.07. The fraction of sp³-hybridized carbons (Fsp3) is 0.0870. The first-order chi connectivity index (χ1) is 15.5. The lowest BCUT2D eigenvalue weighted by Crippen LogP contribution is -2.17. The topological polar surface area (TPSA) is 112 Å². The minimum Gasteiger partial charge on any atom is -0.301 e. The molecule has 0 radical (unpaired) electrons. The van der Waals surface area contributed by atoms with Crippen LogP contribution in [0, 0.1) is 18.3 Å². The molecule has 0 atom stereocenters. The summed E-state index contributed by atoms with van der Waals surface area (Å²) >= 11 is 2.43. The molecule has 2 aromatic carbocycles. The quantitative estimate of drug-likeness (QED) is 0.325. The van der Waals surface area contributed by atoms with Crippen molar-refractivity contribution >= 4 is 34.1 Å². The van der Waals surface area contributed by atoms with E-state index in [2.05, 4.69) is 20.3 Å². The Morgan fingerprint density at radius 3 is 2.59 bits per heavy atom. The molecule has 0 saturated carbocycles. The number of nitrogens with one attached hydrogen (secondary N) is 2. The molecule has 4 aromatic rings. The number of aryl methyl sites for hydroxylation is 1. The maximum absolute atomic E-state index is 12.4. The molecule has 0 fully saturated rings. The molecule has 7 nitrogen and oxygen atoms in total. The highest BCUT2D eigenvalue weighted by Crippen LogP contribution is 2.25. The van der Waals surface area contributed by atoms with Crippen LogP contribution in [0.5, 0.6) is 0 Å². The Morgan fingerprint density at radius 1 is 1.12 bits per heavy atom. The molecule has 0 spiro atoms. The number of rotatable bonds is 6. The number of benzene rings is 2. The molecule has 2 aromatic heterocycles. The van der Waals surface area contributed by atoms with Gasteiger partial charge in [-0.25, -0.2) is 9.97 Å². The predicted molar refractivity (Wildman–Crippen MR) is 127 cm³/mol. The highest BCUT2D eigenvalue weighted by Gasteiger charge is 2.15. The maximum atomic E-state index is 12.4. The van der Waals surface area contributed by atoms with Crippen LogP contribution in [-0.4, -0.2) is 26.6 Å². The average molecular weight is 460 g/mol. The third-order valence-electron chi connectivity index (χ3n) is 4.49. The van der Waals surface area contributed by atoms with Crippen LogP contribution >= 0.6 is 23.1 Å². The van der Waals surface area contributed by atoms with E-state index in [0.29, 0.717) is 16.4 Å². The summed E-state index contributed by atoms with van der Waals surface area (Å²) in [5, 5.41) is 14.8. The van der Waals surface area contributed by atoms with Crippen LogP contribution in [0.4, 0.5) is 5.13 Å². The van der Waals surface area contributed by atoms with Gasteiger partial charge in [-0.15, -0.1) is 11.3 Å². The van der Waals surface area contributed by atoms with E-state index < -0.39 is 5.56 Å². The molecule has 0 aliphatic rings. The fourth-order valence-corrected chi connectivity index (χ4v) is 4.30. The monoisotopic (exact) mass is 459 g/mol. The summed E-state index contributed by atoms with van der Waals surface area (Å²) in [6, 6.07) is 19.0. The number of thiazole rings is 1. The van der Waals surface area contributed by atoms with Crippen LogP contribution in [0.1, 0.15) is 11.1 Å². The molecule has 0 saturated heterocycles. The molecule has 4 rings (SSSR count). The molecule has 0 aliphatic carbocycles. The van der Waals surface area contributed by atoms with Gasteiger partial charge in [0.25, 0.3) is 5.56 Å². The van der Waals surface area contributed by atoms with E-state index in [4.69, 9.17) is 0 Å². The van der Waals surface area contributed by atoms with E-state index in [1.54, 1.807) is 0 Å². The van der Waals surface area contributed by atoms with Crippen molar-refractivity contribution in [2.45, 2.75) is 12.1 Å². The second kappa shape index (κ2) is 9.60. The normalized spacial score (nSPS) is 10.5. The minimum absolute atomic E-state index is 0.0302. The smallest absolute Gasteiger partial charge is 0.270 e. The second-order valence-corrected chi connectivity index (χ2v) is 8.64. The van der Waals surface area contributed by atoms with Gasteiger partial charge in [0.1, 0.15) is 11.6 Å². The third kappa shape index (κ3) is 4.94. The Balaban J connectivity index is 1.46. The lowest BCUT2D eigenvalue weighted by molar-refractivity contribution is -0.113. The molecule has 158 valence electrons. The number of hydrogen-bond donors (Lipinski definition) is 2. The minimum atomic E-state index is -0.534. The van der Waals surface area contributed by atoms with E-state index in [1.165, 1.54) is 11.3 Å². The average Bonchev–Trinajstić information content (AvgIpc) is 3.27. The molecular formula is C23H17N5O2S2. The number of carbonyl (C=O) groups excluding carboxylic acids is 1. The number of carbonyl (C=O) groups is 1. The predicted octanol–water partition coefficient (Wildman–Crippen LogP) is 4.47.